The number of pyridine rings is 1. The Morgan fingerprint density at radius 2 is 2.11 bits per heavy atom. The van der Waals surface area contributed by atoms with Crippen molar-refractivity contribution < 1.29 is 0 Å². The van der Waals surface area contributed by atoms with Crippen LogP contribution in [0.1, 0.15) is 11.3 Å². The lowest BCUT2D eigenvalue weighted by Crippen LogP contribution is -2.13. The maximum Gasteiger partial charge on any atom is 0.140 e. The van der Waals surface area contributed by atoms with Crippen LogP contribution < -0.4 is 11.1 Å². The van der Waals surface area contributed by atoms with E-state index in [1.165, 1.54) is 0 Å². The molecule has 3 N–H and O–H groups in total. The highest BCUT2D eigenvalue weighted by molar-refractivity contribution is 14.1. The van der Waals surface area contributed by atoms with E-state index in [0.29, 0.717) is 21.4 Å². The number of aryl methyl sites for hydroxylation is 1. The summed E-state index contributed by atoms with van der Waals surface area (Å²) in [7, 11) is 0. The Morgan fingerprint density at radius 1 is 1.37 bits per heavy atom. The summed E-state index contributed by atoms with van der Waals surface area (Å²) in [6, 6.07) is 9.46. The summed E-state index contributed by atoms with van der Waals surface area (Å²) >= 11 is 13.4. The van der Waals surface area contributed by atoms with E-state index >= 15 is 0 Å². The van der Waals surface area contributed by atoms with Gasteiger partial charge in [0.1, 0.15) is 10.8 Å². The molecule has 0 bridgehead atoms. The highest BCUT2D eigenvalue weighted by atomic mass is 127. The summed E-state index contributed by atoms with van der Waals surface area (Å²) in [5.41, 5.74) is 8.06. The van der Waals surface area contributed by atoms with Crippen molar-refractivity contribution in [1.29, 1.82) is 0 Å². The summed E-state index contributed by atoms with van der Waals surface area (Å²) in [5.74, 6) is 0.621. The molecule has 1 heterocycles. The SMILES string of the molecule is Cc1ccc(C(N)=S)c(Nc2ccc(I)cc2Cl)n1. The van der Waals surface area contributed by atoms with Crippen LogP contribution in [0.5, 0.6) is 0 Å². The van der Waals surface area contributed by atoms with Crippen molar-refractivity contribution in [2.45, 2.75) is 6.92 Å². The van der Waals surface area contributed by atoms with Gasteiger partial charge in [0.15, 0.2) is 0 Å². The molecule has 2 aromatic rings. The maximum absolute atomic E-state index is 6.19. The summed E-state index contributed by atoms with van der Waals surface area (Å²) < 4.78 is 1.07. The van der Waals surface area contributed by atoms with Crippen LogP contribution in [0.15, 0.2) is 30.3 Å². The molecule has 0 aliphatic carbocycles. The number of nitrogens with zero attached hydrogens (tertiary/aromatic N) is 1. The fourth-order valence-corrected chi connectivity index (χ4v) is 2.64. The van der Waals surface area contributed by atoms with E-state index in [9.17, 15) is 0 Å². The van der Waals surface area contributed by atoms with Gasteiger partial charge in [0.05, 0.1) is 16.3 Å². The van der Waals surface area contributed by atoms with Gasteiger partial charge >= 0.3 is 0 Å². The Morgan fingerprint density at radius 3 is 2.74 bits per heavy atom. The molecule has 1 aromatic heterocycles. The lowest BCUT2D eigenvalue weighted by atomic mass is 10.2. The molecule has 2 rings (SSSR count). The van der Waals surface area contributed by atoms with Gasteiger partial charge < -0.3 is 11.1 Å². The molecule has 0 unspecified atom stereocenters. The van der Waals surface area contributed by atoms with Crippen molar-refractivity contribution in [1.82, 2.24) is 4.98 Å². The van der Waals surface area contributed by atoms with Crippen molar-refractivity contribution in [2.24, 2.45) is 5.73 Å². The molecule has 0 aliphatic rings. The van der Waals surface area contributed by atoms with E-state index in [2.05, 4.69) is 32.9 Å². The predicted octanol–water partition coefficient (Wildman–Crippen LogP) is 4.03. The number of nitrogens with one attached hydrogen (secondary N) is 1. The molecule has 98 valence electrons. The standard InChI is InChI=1S/C13H11ClIN3S/c1-7-2-4-9(12(16)19)13(17-7)18-11-5-3-8(15)6-10(11)14/h2-6H,1H3,(H2,16,19)(H,17,18). The number of thiocarbonyl (C=S) groups is 1. The van der Waals surface area contributed by atoms with Gasteiger partial charge in [-0.15, -0.1) is 0 Å². The van der Waals surface area contributed by atoms with Crippen LogP contribution in [-0.4, -0.2) is 9.97 Å². The van der Waals surface area contributed by atoms with Gasteiger partial charge in [-0.2, -0.15) is 0 Å². The van der Waals surface area contributed by atoms with Gasteiger partial charge in [0, 0.05) is 9.26 Å². The van der Waals surface area contributed by atoms with Gasteiger partial charge in [-0.25, -0.2) is 4.98 Å². The van der Waals surface area contributed by atoms with E-state index in [-0.39, 0.29) is 0 Å². The van der Waals surface area contributed by atoms with Crippen LogP contribution in [-0.2, 0) is 0 Å². The van der Waals surface area contributed by atoms with Crippen molar-refractivity contribution in [3.63, 3.8) is 0 Å². The molecular weight excluding hydrogens is 393 g/mol. The second kappa shape index (κ2) is 6.02. The molecule has 0 saturated carbocycles. The molecule has 1 aromatic carbocycles. The zero-order chi connectivity index (χ0) is 14.0. The number of halogens is 2. The van der Waals surface area contributed by atoms with Crippen molar-refractivity contribution >= 4 is 62.9 Å². The summed E-state index contributed by atoms with van der Waals surface area (Å²) in [4.78, 5) is 4.72. The van der Waals surface area contributed by atoms with Crippen molar-refractivity contribution in [3.8, 4) is 0 Å². The summed E-state index contributed by atoms with van der Waals surface area (Å²) in [6.45, 7) is 1.91. The second-order valence-electron chi connectivity index (χ2n) is 3.96. The van der Waals surface area contributed by atoms with Crippen LogP contribution in [0.3, 0.4) is 0 Å². The highest BCUT2D eigenvalue weighted by Gasteiger charge is 2.09. The molecular formula is C13H11ClIN3S. The third-order valence-corrected chi connectivity index (χ3v) is 3.69. The number of benzene rings is 1. The van der Waals surface area contributed by atoms with Crippen LogP contribution >= 0.6 is 46.4 Å². The average Bonchev–Trinajstić information content (AvgIpc) is 2.32. The Bertz CT molecular complexity index is 646. The number of hydrogen-bond acceptors (Lipinski definition) is 3. The Kier molecular flexibility index (Phi) is 4.59. The van der Waals surface area contributed by atoms with Crippen LogP contribution in [0.2, 0.25) is 5.02 Å². The topological polar surface area (TPSA) is 50.9 Å². The number of nitrogens with two attached hydrogens (primary N) is 1. The third kappa shape index (κ3) is 3.55. The molecule has 0 spiro atoms. The van der Waals surface area contributed by atoms with E-state index in [1.807, 2.05) is 37.3 Å². The minimum atomic E-state index is 0.302. The zero-order valence-corrected chi connectivity index (χ0v) is 13.8. The number of rotatable bonds is 3. The Hall–Kier alpha value is -0.920. The van der Waals surface area contributed by atoms with Gasteiger partial charge in [0.2, 0.25) is 0 Å². The lowest BCUT2D eigenvalue weighted by Gasteiger charge is -2.12. The monoisotopic (exact) mass is 403 g/mol. The maximum atomic E-state index is 6.19. The zero-order valence-electron chi connectivity index (χ0n) is 10.1. The van der Waals surface area contributed by atoms with Gasteiger partial charge in [-0.05, 0) is 59.8 Å². The Labute approximate surface area is 135 Å². The minimum Gasteiger partial charge on any atom is -0.389 e. The van der Waals surface area contributed by atoms with E-state index < -0.39 is 0 Å². The molecule has 0 fully saturated rings. The number of aromatic nitrogens is 1. The smallest absolute Gasteiger partial charge is 0.140 e. The average molecular weight is 404 g/mol. The third-order valence-electron chi connectivity index (χ3n) is 2.48. The van der Waals surface area contributed by atoms with Crippen molar-refractivity contribution in [3.05, 3.63) is 50.2 Å². The largest absolute Gasteiger partial charge is 0.389 e. The highest BCUT2D eigenvalue weighted by Crippen LogP contribution is 2.27. The van der Waals surface area contributed by atoms with Crippen molar-refractivity contribution in [2.75, 3.05) is 5.32 Å². The Balaban J connectivity index is 2.42. The molecule has 0 atom stereocenters. The normalized spacial score (nSPS) is 10.3. The summed E-state index contributed by atoms with van der Waals surface area (Å²) in [5, 5.41) is 3.81. The second-order valence-corrected chi connectivity index (χ2v) is 6.05. The molecule has 6 heteroatoms. The first-order valence-electron chi connectivity index (χ1n) is 5.47. The van der Waals surface area contributed by atoms with Crippen LogP contribution in [0, 0.1) is 10.5 Å². The number of anilines is 2. The lowest BCUT2D eigenvalue weighted by molar-refractivity contribution is 1.19. The molecule has 0 aliphatic heterocycles. The van der Waals surface area contributed by atoms with E-state index in [4.69, 9.17) is 29.6 Å². The molecule has 0 radical (unpaired) electrons. The van der Waals surface area contributed by atoms with Gasteiger partial charge in [-0.3, -0.25) is 0 Å². The molecule has 3 nitrogen and oxygen atoms in total. The van der Waals surface area contributed by atoms with Gasteiger partial charge in [-0.1, -0.05) is 23.8 Å². The van der Waals surface area contributed by atoms with E-state index in [1.54, 1.807) is 0 Å². The van der Waals surface area contributed by atoms with Gasteiger partial charge in [0.25, 0.3) is 0 Å². The van der Waals surface area contributed by atoms with E-state index in [0.717, 1.165) is 15.0 Å². The minimum absolute atomic E-state index is 0.302. The quantitative estimate of drug-likeness (QED) is 0.600. The van der Waals surface area contributed by atoms with Crippen LogP contribution in [0.25, 0.3) is 0 Å². The fraction of sp³-hybridized carbons (Fsp3) is 0.0769. The molecule has 0 saturated heterocycles. The predicted molar refractivity (Wildman–Crippen MR) is 92.3 cm³/mol. The van der Waals surface area contributed by atoms with Crippen LogP contribution in [0.4, 0.5) is 11.5 Å². The fourth-order valence-electron chi connectivity index (χ4n) is 1.57. The first kappa shape index (κ1) is 14.5. The first-order chi connectivity index (χ1) is 8.97. The summed E-state index contributed by atoms with van der Waals surface area (Å²) in [6.07, 6.45) is 0. The molecule has 0 amide bonds. The first-order valence-corrected chi connectivity index (χ1v) is 7.33. The number of hydrogen-bond donors (Lipinski definition) is 2. The molecule has 19 heavy (non-hydrogen) atoms.